The zero-order chi connectivity index (χ0) is 17.0. The fourth-order valence-corrected chi connectivity index (χ4v) is 2.45. The van der Waals surface area contributed by atoms with Crippen LogP contribution in [0.2, 0.25) is 0 Å². The van der Waals surface area contributed by atoms with Crippen LogP contribution in [0, 0.1) is 18.3 Å². The second kappa shape index (κ2) is 7.14. The van der Waals surface area contributed by atoms with Crippen LogP contribution in [0.3, 0.4) is 0 Å². The topological polar surface area (TPSA) is 73.6 Å². The van der Waals surface area contributed by atoms with E-state index in [4.69, 9.17) is 10.00 Å². The molecule has 122 valence electrons. The number of benzene rings is 1. The standard InChI is InChI=1S/C17H21N3O3/c1-4-14-17(22)20(11-16(21)19(3)9-5-8-18)13-10-12(2)6-7-15(13)23-14/h6-7,10,14H,4-5,9,11H2,1-3H3. The van der Waals surface area contributed by atoms with Crippen LogP contribution < -0.4 is 9.64 Å². The molecule has 0 aliphatic carbocycles. The monoisotopic (exact) mass is 315 g/mol. The van der Waals surface area contributed by atoms with Gasteiger partial charge >= 0.3 is 0 Å². The number of carbonyl (C=O) groups is 2. The van der Waals surface area contributed by atoms with Gasteiger partial charge in [-0.2, -0.15) is 5.26 Å². The lowest BCUT2D eigenvalue weighted by Gasteiger charge is -2.34. The number of nitriles is 1. The van der Waals surface area contributed by atoms with Gasteiger partial charge in [0.2, 0.25) is 5.91 Å². The zero-order valence-corrected chi connectivity index (χ0v) is 13.7. The molecule has 6 nitrogen and oxygen atoms in total. The quantitative estimate of drug-likeness (QED) is 0.831. The number of carbonyl (C=O) groups excluding carboxylic acids is 2. The minimum absolute atomic E-state index is 0.0446. The Morgan fingerprint density at radius 2 is 2.22 bits per heavy atom. The number of hydrogen-bond acceptors (Lipinski definition) is 4. The second-order valence-corrected chi connectivity index (χ2v) is 5.63. The SMILES string of the molecule is CCC1Oc2ccc(C)cc2N(CC(=O)N(C)CCC#N)C1=O. The Labute approximate surface area is 136 Å². The maximum atomic E-state index is 12.6. The summed E-state index contributed by atoms with van der Waals surface area (Å²) in [5, 5.41) is 8.62. The van der Waals surface area contributed by atoms with Gasteiger partial charge in [0.1, 0.15) is 12.3 Å². The number of ether oxygens (including phenoxy) is 1. The first-order valence-electron chi connectivity index (χ1n) is 7.67. The lowest BCUT2D eigenvalue weighted by Crippen LogP contribution is -2.50. The Hall–Kier alpha value is -2.55. The average molecular weight is 315 g/mol. The van der Waals surface area contributed by atoms with Gasteiger partial charge in [0.25, 0.3) is 5.91 Å². The highest BCUT2D eigenvalue weighted by molar-refractivity contribution is 6.03. The molecule has 1 unspecified atom stereocenters. The molecular weight excluding hydrogens is 294 g/mol. The number of nitrogens with zero attached hydrogens (tertiary/aromatic N) is 3. The molecule has 0 saturated carbocycles. The van der Waals surface area contributed by atoms with Gasteiger partial charge in [0.15, 0.2) is 6.10 Å². The fourth-order valence-electron chi connectivity index (χ4n) is 2.45. The summed E-state index contributed by atoms with van der Waals surface area (Å²) in [5.74, 6) is 0.222. The van der Waals surface area contributed by atoms with E-state index in [-0.39, 0.29) is 24.8 Å². The van der Waals surface area contributed by atoms with Gasteiger partial charge in [-0.05, 0) is 31.0 Å². The molecule has 0 spiro atoms. The lowest BCUT2D eigenvalue weighted by atomic mass is 10.1. The molecule has 2 rings (SSSR count). The van der Waals surface area contributed by atoms with Crippen molar-refractivity contribution in [2.75, 3.05) is 25.0 Å². The molecule has 2 amide bonds. The molecule has 0 aromatic heterocycles. The summed E-state index contributed by atoms with van der Waals surface area (Å²) in [6.45, 7) is 4.11. The largest absolute Gasteiger partial charge is 0.478 e. The van der Waals surface area contributed by atoms with Crippen molar-refractivity contribution < 1.29 is 14.3 Å². The van der Waals surface area contributed by atoms with E-state index in [9.17, 15) is 9.59 Å². The first kappa shape index (κ1) is 16.8. The predicted molar refractivity (Wildman–Crippen MR) is 86.1 cm³/mol. The number of amides is 2. The van der Waals surface area contributed by atoms with E-state index in [1.165, 1.54) is 9.80 Å². The summed E-state index contributed by atoms with van der Waals surface area (Å²) < 4.78 is 5.73. The molecule has 0 saturated heterocycles. The van der Waals surface area contributed by atoms with E-state index in [0.29, 0.717) is 24.4 Å². The lowest BCUT2D eigenvalue weighted by molar-refractivity contribution is -0.132. The van der Waals surface area contributed by atoms with Crippen LogP contribution in [-0.4, -0.2) is 43.0 Å². The van der Waals surface area contributed by atoms with E-state index in [1.807, 2.05) is 38.1 Å². The molecule has 0 N–H and O–H groups in total. The molecule has 1 aromatic carbocycles. The Morgan fingerprint density at radius 3 is 2.87 bits per heavy atom. The summed E-state index contributed by atoms with van der Waals surface area (Å²) >= 11 is 0. The summed E-state index contributed by atoms with van der Waals surface area (Å²) in [4.78, 5) is 27.9. The van der Waals surface area contributed by atoms with Gasteiger partial charge in [0.05, 0.1) is 18.2 Å². The smallest absolute Gasteiger partial charge is 0.268 e. The van der Waals surface area contributed by atoms with E-state index >= 15 is 0 Å². The van der Waals surface area contributed by atoms with Gasteiger partial charge in [0, 0.05) is 13.6 Å². The van der Waals surface area contributed by atoms with Crippen molar-refractivity contribution >= 4 is 17.5 Å². The Bertz CT molecular complexity index is 651. The molecule has 0 bridgehead atoms. The third-order valence-corrected chi connectivity index (χ3v) is 3.86. The van der Waals surface area contributed by atoms with Gasteiger partial charge in [-0.1, -0.05) is 13.0 Å². The Kier molecular flexibility index (Phi) is 5.22. The molecule has 0 radical (unpaired) electrons. The van der Waals surface area contributed by atoms with Crippen molar-refractivity contribution in [2.24, 2.45) is 0 Å². The molecular formula is C17H21N3O3. The summed E-state index contributed by atoms with van der Waals surface area (Å²) in [6.07, 6.45) is 0.246. The molecule has 1 aliphatic rings. The maximum absolute atomic E-state index is 12.6. The number of anilines is 1. The summed E-state index contributed by atoms with van der Waals surface area (Å²) in [7, 11) is 1.64. The number of rotatable bonds is 5. The maximum Gasteiger partial charge on any atom is 0.268 e. The van der Waals surface area contributed by atoms with Crippen LogP contribution in [0.15, 0.2) is 18.2 Å². The number of hydrogen-bond donors (Lipinski definition) is 0. The molecule has 1 aromatic rings. The molecule has 6 heteroatoms. The minimum atomic E-state index is -0.567. The average Bonchev–Trinajstić information content (AvgIpc) is 2.54. The van der Waals surface area contributed by atoms with Crippen LogP contribution in [0.5, 0.6) is 5.75 Å². The number of fused-ring (bicyclic) bond motifs is 1. The highest BCUT2D eigenvalue weighted by Gasteiger charge is 2.34. The van der Waals surface area contributed by atoms with Gasteiger partial charge in [-0.3, -0.25) is 14.5 Å². The van der Waals surface area contributed by atoms with Gasteiger partial charge in [-0.25, -0.2) is 0 Å². The number of likely N-dealkylation sites (N-methyl/N-ethyl adjacent to an activating group) is 1. The summed E-state index contributed by atoms with van der Waals surface area (Å²) in [6, 6.07) is 7.61. The van der Waals surface area contributed by atoms with Crippen molar-refractivity contribution in [3.8, 4) is 11.8 Å². The van der Waals surface area contributed by atoms with Crippen LogP contribution in [0.4, 0.5) is 5.69 Å². The fraction of sp³-hybridized carbons (Fsp3) is 0.471. The molecule has 23 heavy (non-hydrogen) atoms. The first-order chi connectivity index (χ1) is 11.0. The highest BCUT2D eigenvalue weighted by Crippen LogP contribution is 2.35. The highest BCUT2D eigenvalue weighted by atomic mass is 16.5. The van der Waals surface area contributed by atoms with E-state index < -0.39 is 6.10 Å². The molecule has 1 aliphatic heterocycles. The first-order valence-corrected chi connectivity index (χ1v) is 7.67. The molecule has 1 heterocycles. The van der Waals surface area contributed by atoms with Crippen LogP contribution >= 0.6 is 0 Å². The third-order valence-electron chi connectivity index (χ3n) is 3.86. The molecule has 1 atom stereocenters. The van der Waals surface area contributed by atoms with Crippen molar-refractivity contribution in [2.45, 2.75) is 32.8 Å². The normalized spacial score (nSPS) is 16.3. The summed E-state index contributed by atoms with van der Waals surface area (Å²) in [5.41, 5.74) is 1.62. The van der Waals surface area contributed by atoms with E-state index in [0.717, 1.165) is 5.56 Å². The Balaban J connectivity index is 2.25. The van der Waals surface area contributed by atoms with Crippen molar-refractivity contribution in [1.29, 1.82) is 5.26 Å². The zero-order valence-electron chi connectivity index (χ0n) is 13.7. The van der Waals surface area contributed by atoms with E-state index in [2.05, 4.69) is 0 Å². The van der Waals surface area contributed by atoms with E-state index in [1.54, 1.807) is 7.05 Å². The third kappa shape index (κ3) is 3.62. The predicted octanol–water partition coefficient (Wildman–Crippen LogP) is 1.87. The minimum Gasteiger partial charge on any atom is -0.478 e. The number of aryl methyl sites for hydroxylation is 1. The van der Waals surface area contributed by atoms with Gasteiger partial charge in [-0.15, -0.1) is 0 Å². The van der Waals surface area contributed by atoms with Crippen molar-refractivity contribution in [3.05, 3.63) is 23.8 Å². The van der Waals surface area contributed by atoms with Crippen LogP contribution in [0.25, 0.3) is 0 Å². The van der Waals surface area contributed by atoms with Crippen LogP contribution in [0.1, 0.15) is 25.3 Å². The van der Waals surface area contributed by atoms with Crippen LogP contribution in [-0.2, 0) is 9.59 Å². The Morgan fingerprint density at radius 1 is 1.48 bits per heavy atom. The van der Waals surface area contributed by atoms with Gasteiger partial charge < -0.3 is 9.64 Å². The van der Waals surface area contributed by atoms with Crippen molar-refractivity contribution in [1.82, 2.24) is 4.90 Å². The molecule has 0 fully saturated rings. The van der Waals surface area contributed by atoms with Crippen molar-refractivity contribution in [3.63, 3.8) is 0 Å². The second-order valence-electron chi connectivity index (χ2n) is 5.63.